The van der Waals surface area contributed by atoms with E-state index in [2.05, 4.69) is 47.7 Å². The molecule has 0 unspecified atom stereocenters. The van der Waals surface area contributed by atoms with Crippen LogP contribution in [0.1, 0.15) is 36.4 Å². The molecule has 1 rings (SSSR count). The number of halogens is 1. The Morgan fingerprint density at radius 1 is 1.56 bits per heavy atom. The second kappa shape index (κ2) is 7.26. The number of carboxylic acid groups (broad SMARTS) is 1. The van der Waals surface area contributed by atoms with Gasteiger partial charge in [0.05, 0.1) is 0 Å². The van der Waals surface area contributed by atoms with Crippen molar-refractivity contribution in [3.8, 4) is 0 Å². The first-order chi connectivity index (χ1) is 8.40. The van der Waals surface area contributed by atoms with E-state index in [-0.39, 0.29) is 6.42 Å². The fraction of sp³-hybridized carbons (Fsp3) is 0.615. The number of hydrogen-bond donors (Lipinski definition) is 1. The smallest absolute Gasteiger partial charge is 0.303 e. The minimum Gasteiger partial charge on any atom is -0.481 e. The van der Waals surface area contributed by atoms with Gasteiger partial charge in [-0.25, -0.2) is 0 Å². The molecule has 5 heteroatoms. The lowest BCUT2D eigenvalue weighted by Gasteiger charge is -2.25. The van der Waals surface area contributed by atoms with Crippen LogP contribution in [0, 0.1) is 6.92 Å². The van der Waals surface area contributed by atoms with Crippen LogP contribution < -0.4 is 0 Å². The van der Waals surface area contributed by atoms with Crippen LogP contribution in [0.5, 0.6) is 0 Å². The molecule has 0 saturated heterocycles. The highest BCUT2D eigenvalue weighted by Gasteiger charge is 2.13. The van der Waals surface area contributed by atoms with E-state index in [9.17, 15) is 4.79 Å². The minimum atomic E-state index is -0.714. The predicted octanol–water partition coefficient (Wildman–Crippen LogP) is 3.89. The summed E-state index contributed by atoms with van der Waals surface area (Å²) in [6, 6.07) is 2.59. The van der Waals surface area contributed by atoms with Gasteiger partial charge in [-0.1, -0.05) is 0 Å². The van der Waals surface area contributed by atoms with Crippen molar-refractivity contribution in [2.24, 2.45) is 0 Å². The summed E-state index contributed by atoms with van der Waals surface area (Å²) in [5.74, 6) is -0.714. The molecular formula is C13H20BrNO2S. The molecule has 18 heavy (non-hydrogen) atoms. The number of carbonyl (C=O) groups is 1. The first-order valence-corrected chi connectivity index (χ1v) is 7.71. The fourth-order valence-electron chi connectivity index (χ4n) is 1.75. The Hall–Kier alpha value is -0.390. The van der Waals surface area contributed by atoms with Crippen molar-refractivity contribution in [3.05, 3.63) is 20.3 Å². The third kappa shape index (κ3) is 5.08. The van der Waals surface area contributed by atoms with Crippen molar-refractivity contribution in [2.45, 2.75) is 46.2 Å². The van der Waals surface area contributed by atoms with Gasteiger partial charge in [0.25, 0.3) is 0 Å². The van der Waals surface area contributed by atoms with Crippen molar-refractivity contribution >= 4 is 33.2 Å². The molecule has 0 saturated carbocycles. The molecule has 0 aliphatic carbocycles. The van der Waals surface area contributed by atoms with E-state index >= 15 is 0 Å². The fourth-order valence-corrected chi connectivity index (χ4v) is 3.38. The maximum Gasteiger partial charge on any atom is 0.303 e. The molecule has 0 spiro atoms. The van der Waals surface area contributed by atoms with Crippen LogP contribution in [-0.4, -0.2) is 28.6 Å². The Morgan fingerprint density at radius 3 is 2.67 bits per heavy atom. The number of carboxylic acids is 1. The first-order valence-electron chi connectivity index (χ1n) is 6.10. The zero-order chi connectivity index (χ0) is 13.7. The van der Waals surface area contributed by atoms with E-state index in [1.807, 2.05) is 0 Å². The lowest BCUT2D eigenvalue weighted by molar-refractivity contribution is -0.137. The van der Waals surface area contributed by atoms with E-state index in [0.29, 0.717) is 12.5 Å². The Kier molecular flexibility index (Phi) is 6.32. The largest absolute Gasteiger partial charge is 0.481 e. The maximum atomic E-state index is 10.5. The zero-order valence-electron chi connectivity index (χ0n) is 11.1. The van der Waals surface area contributed by atoms with Gasteiger partial charge in [-0.2, -0.15) is 0 Å². The van der Waals surface area contributed by atoms with E-state index < -0.39 is 5.97 Å². The highest BCUT2D eigenvalue weighted by molar-refractivity contribution is 9.10. The number of aryl methyl sites for hydroxylation is 1. The lowest BCUT2D eigenvalue weighted by atomic mass is 10.2. The summed E-state index contributed by atoms with van der Waals surface area (Å²) in [4.78, 5) is 15.5. The van der Waals surface area contributed by atoms with Crippen molar-refractivity contribution < 1.29 is 9.90 Å². The molecule has 0 aromatic carbocycles. The summed E-state index contributed by atoms with van der Waals surface area (Å²) in [6.07, 6.45) is 0.954. The second-order valence-electron chi connectivity index (χ2n) is 4.68. The van der Waals surface area contributed by atoms with Gasteiger partial charge in [0.15, 0.2) is 0 Å². The Bertz CT molecular complexity index is 384. The van der Waals surface area contributed by atoms with E-state index in [4.69, 9.17) is 5.11 Å². The standard InChI is InChI=1S/C13H20BrNO2S/c1-9(2)15(6-4-5-13(16)17)8-11-7-12(14)10(3)18-11/h7,9H,4-6,8H2,1-3H3,(H,16,17). The molecule has 0 atom stereocenters. The van der Waals surface area contributed by atoms with Gasteiger partial charge in [0.1, 0.15) is 0 Å². The van der Waals surface area contributed by atoms with Gasteiger partial charge in [-0.3, -0.25) is 9.69 Å². The van der Waals surface area contributed by atoms with Crippen LogP contribution in [0.2, 0.25) is 0 Å². The van der Waals surface area contributed by atoms with Crippen LogP contribution in [0.15, 0.2) is 10.5 Å². The minimum absolute atomic E-state index is 0.246. The molecule has 0 bridgehead atoms. The zero-order valence-corrected chi connectivity index (χ0v) is 13.5. The van der Waals surface area contributed by atoms with E-state index in [1.165, 1.54) is 9.75 Å². The summed E-state index contributed by atoms with van der Waals surface area (Å²) in [5, 5.41) is 8.67. The van der Waals surface area contributed by atoms with Crippen LogP contribution in [0.4, 0.5) is 0 Å². The Balaban J connectivity index is 2.54. The maximum absolute atomic E-state index is 10.5. The van der Waals surface area contributed by atoms with Crippen LogP contribution >= 0.6 is 27.3 Å². The predicted molar refractivity (Wildman–Crippen MR) is 79.2 cm³/mol. The van der Waals surface area contributed by atoms with Crippen LogP contribution in [-0.2, 0) is 11.3 Å². The summed E-state index contributed by atoms with van der Waals surface area (Å²) in [6.45, 7) is 8.13. The van der Waals surface area contributed by atoms with Gasteiger partial charge >= 0.3 is 5.97 Å². The molecule has 102 valence electrons. The molecule has 1 N–H and O–H groups in total. The molecular weight excluding hydrogens is 314 g/mol. The second-order valence-corrected chi connectivity index (χ2v) is 6.87. The summed E-state index contributed by atoms with van der Waals surface area (Å²) < 4.78 is 1.16. The van der Waals surface area contributed by atoms with Gasteiger partial charge < -0.3 is 5.11 Å². The van der Waals surface area contributed by atoms with Crippen molar-refractivity contribution in [2.75, 3.05) is 6.54 Å². The molecule has 0 radical (unpaired) electrons. The highest BCUT2D eigenvalue weighted by Crippen LogP contribution is 2.27. The van der Waals surface area contributed by atoms with Crippen LogP contribution in [0.3, 0.4) is 0 Å². The van der Waals surface area contributed by atoms with Crippen molar-refractivity contribution in [1.82, 2.24) is 4.90 Å². The molecule has 0 aliphatic rings. The summed E-state index contributed by atoms with van der Waals surface area (Å²) in [7, 11) is 0. The topological polar surface area (TPSA) is 40.5 Å². The molecule has 3 nitrogen and oxygen atoms in total. The van der Waals surface area contributed by atoms with Gasteiger partial charge in [-0.15, -0.1) is 11.3 Å². The number of hydrogen-bond acceptors (Lipinski definition) is 3. The molecule has 0 amide bonds. The third-order valence-electron chi connectivity index (χ3n) is 2.83. The van der Waals surface area contributed by atoms with Crippen LogP contribution in [0.25, 0.3) is 0 Å². The average Bonchev–Trinajstić information content (AvgIpc) is 2.56. The Morgan fingerprint density at radius 2 is 2.22 bits per heavy atom. The molecule has 0 fully saturated rings. The number of rotatable bonds is 7. The first kappa shape index (κ1) is 15.7. The Labute approximate surface area is 121 Å². The molecule has 0 aliphatic heterocycles. The summed E-state index contributed by atoms with van der Waals surface area (Å²) >= 11 is 5.32. The van der Waals surface area contributed by atoms with Crippen molar-refractivity contribution in [1.29, 1.82) is 0 Å². The number of nitrogens with zero attached hydrogens (tertiary/aromatic N) is 1. The monoisotopic (exact) mass is 333 g/mol. The molecule has 1 aromatic heterocycles. The van der Waals surface area contributed by atoms with Gasteiger partial charge in [0.2, 0.25) is 0 Å². The molecule has 1 aromatic rings. The van der Waals surface area contributed by atoms with Crippen molar-refractivity contribution in [3.63, 3.8) is 0 Å². The average molecular weight is 334 g/mol. The quantitative estimate of drug-likeness (QED) is 0.822. The SMILES string of the molecule is Cc1sc(CN(CCCC(=O)O)C(C)C)cc1Br. The lowest BCUT2D eigenvalue weighted by Crippen LogP contribution is -2.31. The number of aliphatic carboxylic acids is 1. The third-order valence-corrected chi connectivity index (χ3v) is 4.95. The van der Waals surface area contributed by atoms with E-state index in [0.717, 1.165) is 17.6 Å². The normalized spacial score (nSPS) is 11.4. The highest BCUT2D eigenvalue weighted by atomic mass is 79.9. The van der Waals surface area contributed by atoms with E-state index in [1.54, 1.807) is 11.3 Å². The molecule has 1 heterocycles. The van der Waals surface area contributed by atoms with Gasteiger partial charge in [0, 0.05) is 33.2 Å². The summed E-state index contributed by atoms with van der Waals surface area (Å²) in [5.41, 5.74) is 0. The number of thiophene rings is 1. The van der Waals surface area contributed by atoms with Gasteiger partial charge in [-0.05, 0) is 55.7 Å².